The number of para-hydroxylation sites is 3. The predicted molar refractivity (Wildman–Crippen MR) is 168 cm³/mol. The number of nitrogens with zero attached hydrogens (tertiary/aromatic N) is 4. The molecule has 1 amide bonds. The minimum atomic E-state index is -4.17. The molecule has 2 heterocycles. The Hall–Kier alpha value is -5.17. The highest BCUT2D eigenvalue weighted by Gasteiger charge is 2.41. The van der Waals surface area contributed by atoms with Crippen molar-refractivity contribution in [2.24, 2.45) is 4.99 Å². The van der Waals surface area contributed by atoms with Crippen LogP contribution in [0.25, 0.3) is 0 Å². The molecule has 234 valence electrons. The highest BCUT2D eigenvalue weighted by molar-refractivity contribution is 7.90. The Labute approximate surface area is 261 Å². The molecule has 1 aliphatic heterocycles. The molecular weight excluding hydrogens is 598 g/mol. The molecule has 1 atom stereocenters. The van der Waals surface area contributed by atoms with Crippen LogP contribution < -0.4 is 14.8 Å². The fraction of sp³-hybridized carbons (Fsp3) is 0.250. The number of aliphatic imine (C=N–C) groups is 1. The van der Waals surface area contributed by atoms with Crippen molar-refractivity contribution in [3.63, 3.8) is 0 Å². The van der Waals surface area contributed by atoms with Crippen molar-refractivity contribution in [1.29, 1.82) is 0 Å². The number of fused-ring (bicyclic) bond motifs is 1. The summed E-state index contributed by atoms with van der Waals surface area (Å²) < 4.78 is 46.7. The number of amides is 1. The van der Waals surface area contributed by atoms with E-state index >= 15 is 0 Å². The molecule has 1 unspecified atom stereocenters. The van der Waals surface area contributed by atoms with Crippen molar-refractivity contribution in [1.82, 2.24) is 14.1 Å². The zero-order chi connectivity index (χ0) is 32.1. The Morgan fingerprint density at radius 3 is 2.49 bits per heavy atom. The van der Waals surface area contributed by atoms with Gasteiger partial charge in [0.2, 0.25) is 0 Å². The number of anilines is 1. The summed E-state index contributed by atoms with van der Waals surface area (Å²) in [7, 11) is -1.48. The number of aromatic nitrogens is 2. The number of benzene rings is 3. The van der Waals surface area contributed by atoms with E-state index in [0.29, 0.717) is 17.2 Å². The van der Waals surface area contributed by atoms with E-state index in [0.717, 1.165) is 15.4 Å². The fourth-order valence-electron chi connectivity index (χ4n) is 4.98. The molecule has 0 aliphatic carbocycles. The van der Waals surface area contributed by atoms with Gasteiger partial charge in [0.25, 0.3) is 15.9 Å². The summed E-state index contributed by atoms with van der Waals surface area (Å²) in [6.45, 7) is 4.09. The highest BCUT2D eigenvalue weighted by atomic mass is 32.2. The van der Waals surface area contributed by atoms with Gasteiger partial charge in [-0.15, -0.1) is 0 Å². The quantitative estimate of drug-likeness (QED) is 0.186. The molecule has 0 saturated heterocycles. The molecule has 0 radical (unpaired) electrons. The Bertz CT molecular complexity index is 1870. The number of esters is 1. The van der Waals surface area contributed by atoms with Crippen molar-refractivity contribution >= 4 is 39.1 Å². The van der Waals surface area contributed by atoms with Crippen LogP contribution in [0.15, 0.2) is 89.0 Å². The van der Waals surface area contributed by atoms with Gasteiger partial charge in [-0.2, -0.15) is 5.10 Å². The minimum Gasteiger partial charge on any atom is -0.495 e. The molecule has 1 N–H and O–H groups in total. The SMILES string of the molecule is COC(=O)c1cnn(C(C(=O)Nc2ccccc2OC)C2=Nc3ccccc3S(=O)(=O)N2CCCOc2ccc(C)cc2C)c1. The summed E-state index contributed by atoms with van der Waals surface area (Å²) in [5, 5.41) is 7.07. The molecule has 3 aromatic carbocycles. The van der Waals surface area contributed by atoms with Crippen LogP contribution >= 0.6 is 0 Å². The molecule has 0 saturated carbocycles. The highest BCUT2D eigenvalue weighted by Crippen LogP contribution is 2.36. The van der Waals surface area contributed by atoms with Crippen molar-refractivity contribution in [3.05, 3.63) is 95.8 Å². The summed E-state index contributed by atoms with van der Waals surface area (Å²) >= 11 is 0. The summed E-state index contributed by atoms with van der Waals surface area (Å²) in [6.07, 6.45) is 2.83. The number of methoxy groups -OCH3 is 2. The van der Waals surface area contributed by atoms with E-state index < -0.39 is 27.9 Å². The monoisotopic (exact) mass is 631 g/mol. The number of ether oxygens (including phenoxy) is 3. The van der Waals surface area contributed by atoms with Gasteiger partial charge in [-0.05, 0) is 49.7 Å². The number of aryl methyl sites for hydroxylation is 2. The second-order valence-corrected chi connectivity index (χ2v) is 12.1. The smallest absolute Gasteiger partial charge is 0.341 e. The third-order valence-electron chi connectivity index (χ3n) is 7.16. The van der Waals surface area contributed by atoms with E-state index in [1.54, 1.807) is 42.5 Å². The van der Waals surface area contributed by atoms with Crippen LogP contribution in [-0.4, -0.2) is 67.6 Å². The average Bonchev–Trinajstić information content (AvgIpc) is 3.51. The van der Waals surface area contributed by atoms with Crippen molar-refractivity contribution in [3.8, 4) is 11.5 Å². The van der Waals surface area contributed by atoms with Crippen LogP contribution in [-0.2, 0) is 19.6 Å². The lowest BCUT2D eigenvalue weighted by Gasteiger charge is -2.33. The van der Waals surface area contributed by atoms with Gasteiger partial charge in [0.05, 0.1) is 44.0 Å². The number of rotatable bonds is 11. The van der Waals surface area contributed by atoms with Crippen LogP contribution in [0.5, 0.6) is 11.5 Å². The Morgan fingerprint density at radius 2 is 1.73 bits per heavy atom. The lowest BCUT2D eigenvalue weighted by molar-refractivity contribution is -0.117. The first-order chi connectivity index (χ1) is 21.6. The maximum absolute atomic E-state index is 14.1. The molecule has 1 aliphatic rings. The van der Waals surface area contributed by atoms with Crippen LogP contribution in [0.2, 0.25) is 0 Å². The number of sulfonamides is 1. The van der Waals surface area contributed by atoms with E-state index in [4.69, 9.17) is 19.2 Å². The molecule has 12 nitrogen and oxygen atoms in total. The van der Waals surface area contributed by atoms with E-state index in [9.17, 15) is 18.0 Å². The van der Waals surface area contributed by atoms with Gasteiger partial charge in [0, 0.05) is 19.2 Å². The molecular formula is C32H33N5O7S. The third kappa shape index (κ3) is 6.53. The van der Waals surface area contributed by atoms with E-state index in [1.165, 1.54) is 37.4 Å². The van der Waals surface area contributed by atoms with Crippen LogP contribution in [0.3, 0.4) is 0 Å². The third-order valence-corrected chi connectivity index (χ3v) is 9.01. The Kier molecular flexibility index (Phi) is 9.18. The summed E-state index contributed by atoms with van der Waals surface area (Å²) in [4.78, 5) is 31.1. The number of amidine groups is 1. The maximum Gasteiger partial charge on any atom is 0.341 e. The normalized spacial score (nSPS) is 14.1. The number of hydrogen-bond acceptors (Lipinski definition) is 9. The fourth-order valence-corrected chi connectivity index (χ4v) is 6.60. The standard InChI is InChI=1S/C32H33N5O7S/c1-21-14-15-26(22(2)18-21)44-17-9-16-37-30(34-25-11-6-8-13-28(25)45(37,40)41)29(36-20-23(19-33-36)32(39)43-4)31(38)35-24-10-5-7-12-27(24)42-3/h5-8,10-15,18-20,29H,9,16-17H2,1-4H3,(H,35,38). The minimum absolute atomic E-state index is 0.00338. The lowest BCUT2D eigenvalue weighted by atomic mass is 10.1. The van der Waals surface area contributed by atoms with Crippen LogP contribution in [0, 0.1) is 13.8 Å². The van der Waals surface area contributed by atoms with Gasteiger partial charge >= 0.3 is 5.97 Å². The molecule has 4 aromatic rings. The second kappa shape index (κ2) is 13.2. The Balaban J connectivity index is 1.54. The summed E-state index contributed by atoms with van der Waals surface area (Å²) in [5.41, 5.74) is 2.66. The zero-order valence-electron chi connectivity index (χ0n) is 25.3. The van der Waals surface area contributed by atoms with Crippen molar-refractivity contribution in [2.45, 2.75) is 31.2 Å². The number of carbonyl (C=O) groups is 2. The van der Waals surface area contributed by atoms with Gasteiger partial charge in [-0.3, -0.25) is 13.8 Å². The topological polar surface area (TPSA) is 141 Å². The van der Waals surface area contributed by atoms with Gasteiger partial charge in [0.1, 0.15) is 16.4 Å². The van der Waals surface area contributed by atoms with Gasteiger partial charge in [0.15, 0.2) is 11.9 Å². The Morgan fingerprint density at radius 1 is 0.978 bits per heavy atom. The number of hydrogen-bond donors (Lipinski definition) is 1. The zero-order valence-corrected chi connectivity index (χ0v) is 26.1. The summed E-state index contributed by atoms with van der Waals surface area (Å²) in [5.74, 6) is -0.350. The van der Waals surface area contributed by atoms with Gasteiger partial charge < -0.3 is 19.5 Å². The molecule has 0 bridgehead atoms. The average molecular weight is 632 g/mol. The van der Waals surface area contributed by atoms with E-state index in [1.807, 2.05) is 32.0 Å². The van der Waals surface area contributed by atoms with Crippen molar-refractivity contribution < 1.29 is 32.2 Å². The largest absolute Gasteiger partial charge is 0.495 e. The molecule has 0 fully saturated rings. The van der Waals surface area contributed by atoms with Crippen molar-refractivity contribution in [2.75, 3.05) is 32.7 Å². The van der Waals surface area contributed by atoms with Gasteiger partial charge in [-0.25, -0.2) is 18.2 Å². The maximum atomic E-state index is 14.1. The molecule has 0 spiro atoms. The summed E-state index contributed by atoms with van der Waals surface area (Å²) in [6, 6.07) is 17.5. The molecule has 1 aromatic heterocycles. The van der Waals surface area contributed by atoms with Crippen LogP contribution in [0.1, 0.15) is 33.9 Å². The first kappa shape index (κ1) is 31.3. The molecule has 13 heteroatoms. The van der Waals surface area contributed by atoms with E-state index in [-0.39, 0.29) is 41.6 Å². The number of carbonyl (C=O) groups excluding carboxylic acids is 2. The van der Waals surface area contributed by atoms with E-state index in [2.05, 4.69) is 10.4 Å². The number of nitrogens with one attached hydrogen (secondary N) is 1. The van der Waals surface area contributed by atoms with Crippen LogP contribution in [0.4, 0.5) is 11.4 Å². The molecule has 5 rings (SSSR count). The predicted octanol–water partition coefficient (Wildman–Crippen LogP) is 4.68. The second-order valence-electron chi connectivity index (χ2n) is 10.3. The first-order valence-corrected chi connectivity index (χ1v) is 15.5. The lowest BCUT2D eigenvalue weighted by Crippen LogP contribution is -2.47. The first-order valence-electron chi connectivity index (χ1n) is 14.1. The van der Waals surface area contributed by atoms with Gasteiger partial charge in [-0.1, -0.05) is 42.0 Å². The molecule has 45 heavy (non-hydrogen) atoms.